The van der Waals surface area contributed by atoms with E-state index in [-0.39, 0.29) is 0 Å². The topological polar surface area (TPSA) is 35.9 Å². The monoisotopic (exact) mass is 366 g/mol. The number of piperazine rings is 1. The van der Waals surface area contributed by atoms with Crippen LogP contribution in [0.15, 0.2) is 41.8 Å². The molecule has 1 aromatic heterocycles. The van der Waals surface area contributed by atoms with Crippen molar-refractivity contribution in [2.45, 2.75) is 12.7 Å². The summed E-state index contributed by atoms with van der Waals surface area (Å²) < 4.78 is 5.59. The summed E-state index contributed by atoms with van der Waals surface area (Å²) in [6.07, 6.45) is -0.447. The van der Waals surface area contributed by atoms with Gasteiger partial charge >= 0.3 is 0 Å². The number of halogens is 1. The van der Waals surface area contributed by atoms with Gasteiger partial charge in [-0.05, 0) is 23.6 Å². The largest absolute Gasteiger partial charge is 0.389 e. The van der Waals surface area contributed by atoms with Gasteiger partial charge in [-0.1, -0.05) is 29.8 Å². The highest BCUT2D eigenvalue weighted by molar-refractivity contribution is 7.09. The van der Waals surface area contributed by atoms with Crippen LogP contribution in [0.25, 0.3) is 0 Å². The molecule has 130 valence electrons. The minimum atomic E-state index is -0.447. The van der Waals surface area contributed by atoms with Gasteiger partial charge in [-0.25, -0.2) is 0 Å². The van der Waals surface area contributed by atoms with Gasteiger partial charge in [0.25, 0.3) is 0 Å². The summed E-state index contributed by atoms with van der Waals surface area (Å²) in [5.74, 6) is 0. The van der Waals surface area contributed by atoms with Crippen molar-refractivity contribution in [2.24, 2.45) is 0 Å². The second-order valence-electron chi connectivity index (χ2n) is 5.99. The number of thiophene rings is 1. The molecule has 1 aromatic carbocycles. The maximum atomic E-state index is 10.2. The molecule has 0 spiro atoms. The third kappa shape index (κ3) is 4.94. The molecule has 1 saturated heterocycles. The number of aliphatic hydroxyl groups is 1. The Kier molecular flexibility index (Phi) is 6.51. The number of β-amino-alcohol motifs (C(OH)–C–C–N with tert-alkyl or cyclic N) is 1. The summed E-state index contributed by atoms with van der Waals surface area (Å²) in [6, 6.07) is 12.0. The summed E-state index contributed by atoms with van der Waals surface area (Å²) in [5.41, 5.74) is 1.10. The Morgan fingerprint density at radius 2 is 1.92 bits per heavy atom. The van der Waals surface area contributed by atoms with E-state index in [1.165, 1.54) is 4.88 Å². The zero-order valence-corrected chi connectivity index (χ0v) is 15.2. The first kappa shape index (κ1) is 17.7. The molecule has 2 aromatic rings. The number of para-hydroxylation sites is 1. The van der Waals surface area contributed by atoms with Gasteiger partial charge in [0, 0.05) is 37.6 Å². The molecule has 4 nitrogen and oxygen atoms in total. The van der Waals surface area contributed by atoms with Crippen LogP contribution in [0.2, 0.25) is 5.02 Å². The molecule has 0 saturated carbocycles. The van der Waals surface area contributed by atoms with E-state index in [1.54, 1.807) is 11.3 Å². The van der Waals surface area contributed by atoms with Gasteiger partial charge in [-0.3, -0.25) is 4.90 Å². The van der Waals surface area contributed by atoms with Gasteiger partial charge in [0.2, 0.25) is 0 Å². The minimum absolute atomic E-state index is 0.378. The summed E-state index contributed by atoms with van der Waals surface area (Å²) in [4.78, 5) is 5.78. The number of rotatable bonds is 7. The van der Waals surface area contributed by atoms with Crippen LogP contribution in [0, 0.1) is 0 Å². The molecule has 3 rings (SSSR count). The van der Waals surface area contributed by atoms with Crippen LogP contribution in [0.4, 0.5) is 5.69 Å². The third-order valence-electron chi connectivity index (χ3n) is 4.17. The molecule has 0 bridgehead atoms. The predicted octanol–water partition coefficient (Wildman–Crippen LogP) is 3.10. The van der Waals surface area contributed by atoms with Crippen molar-refractivity contribution in [1.82, 2.24) is 4.90 Å². The van der Waals surface area contributed by atoms with Crippen LogP contribution in [0.3, 0.4) is 0 Å². The highest BCUT2D eigenvalue weighted by Crippen LogP contribution is 2.26. The first-order valence-corrected chi connectivity index (χ1v) is 9.48. The summed E-state index contributed by atoms with van der Waals surface area (Å²) >= 11 is 7.94. The number of aliphatic hydroxyl groups excluding tert-OH is 1. The molecule has 6 heteroatoms. The fourth-order valence-electron chi connectivity index (χ4n) is 2.92. The third-order valence-corrected chi connectivity index (χ3v) is 5.34. The molecule has 1 aliphatic heterocycles. The molecule has 1 atom stereocenters. The van der Waals surface area contributed by atoms with E-state index in [2.05, 4.69) is 15.9 Å². The summed E-state index contributed by atoms with van der Waals surface area (Å²) in [7, 11) is 0. The zero-order chi connectivity index (χ0) is 16.8. The van der Waals surface area contributed by atoms with Gasteiger partial charge in [0.15, 0.2) is 0 Å². The highest BCUT2D eigenvalue weighted by atomic mass is 35.5. The molecule has 1 N–H and O–H groups in total. The summed E-state index contributed by atoms with van der Waals surface area (Å²) in [5, 5.41) is 13.0. The van der Waals surface area contributed by atoms with Gasteiger partial charge in [-0.15, -0.1) is 11.3 Å². The first-order valence-electron chi connectivity index (χ1n) is 8.22. The van der Waals surface area contributed by atoms with Crippen LogP contribution in [0.5, 0.6) is 0 Å². The standard InChI is InChI=1S/C18H23ClN2O2S/c19-17-5-1-2-6-18(17)21-9-7-20(8-10-21)12-15(22)13-23-14-16-4-3-11-24-16/h1-6,11,15,22H,7-10,12-14H2/t15-/m1/s1. The molecule has 2 heterocycles. The highest BCUT2D eigenvalue weighted by Gasteiger charge is 2.20. The first-order chi connectivity index (χ1) is 11.7. The van der Waals surface area contributed by atoms with Crippen molar-refractivity contribution in [2.75, 3.05) is 44.2 Å². The Balaban J connectivity index is 1.38. The molecule has 0 unspecified atom stereocenters. The number of benzene rings is 1. The Morgan fingerprint density at radius 1 is 1.12 bits per heavy atom. The molecular weight excluding hydrogens is 344 g/mol. The van der Waals surface area contributed by atoms with Gasteiger partial charge < -0.3 is 14.7 Å². The van der Waals surface area contributed by atoms with Gasteiger partial charge in [-0.2, -0.15) is 0 Å². The number of nitrogens with zero attached hydrogens (tertiary/aromatic N) is 2. The average molecular weight is 367 g/mol. The Bertz CT molecular complexity index is 615. The molecular formula is C18H23ClN2O2S. The molecule has 1 fully saturated rings. The lowest BCUT2D eigenvalue weighted by molar-refractivity contribution is 0.00991. The van der Waals surface area contributed by atoms with Gasteiger partial charge in [0.1, 0.15) is 0 Å². The van der Waals surface area contributed by atoms with Crippen molar-refractivity contribution in [3.8, 4) is 0 Å². The maximum Gasteiger partial charge on any atom is 0.0900 e. The second-order valence-corrected chi connectivity index (χ2v) is 7.43. The lowest BCUT2D eigenvalue weighted by Gasteiger charge is -2.37. The molecule has 24 heavy (non-hydrogen) atoms. The lowest BCUT2D eigenvalue weighted by atomic mass is 10.2. The van der Waals surface area contributed by atoms with Crippen LogP contribution in [-0.2, 0) is 11.3 Å². The molecule has 0 radical (unpaired) electrons. The van der Waals surface area contributed by atoms with E-state index in [9.17, 15) is 5.11 Å². The molecule has 1 aliphatic rings. The van der Waals surface area contributed by atoms with Crippen molar-refractivity contribution in [3.05, 3.63) is 51.7 Å². The number of hydrogen-bond donors (Lipinski definition) is 1. The van der Waals surface area contributed by atoms with Crippen molar-refractivity contribution in [3.63, 3.8) is 0 Å². The fourth-order valence-corrected chi connectivity index (χ4v) is 3.82. The normalized spacial score (nSPS) is 17.2. The van der Waals surface area contributed by atoms with Crippen molar-refractivity contribution in [1.29, 1.82) is 0 Å². The number of hydrogen-bond acceptors (Lipinski definition) is 5. The Hall–Kier alpha value is -1.11. The van der Waals surface area contributed by atoms with Crippen LogP contribution < -0.4 is 4.90 Å². The lowest BCUT2D eigenvalue weighted by Crippen LogP contribution is -2.49. The van der Waals surface area contributed by atoms with E-state index in [4.69, 9.17) is 16.3 Å². The smallest absolute Gasteiger partial charge is 0.0900 e. The van der Waals surface area contributed by atoms with Crippen LogP contribution >= 0.6 is 22.9 Å². The Labute approximate surface area is 152 Å². The molecule has 0 amide bonds. The fraction of sp³-hybridized carbons (Fsp3) is 0.444. The van der Waals surface area contributed by atoms with E-state index >= 15 is 0 Å². The van der Waals surface area contributed by atoms with E-state index in [0.717, 1.165) is 36.9 Å². The van der Waals surface area contributed by atoms with E-state index in [0.29, 0.717) is 19.8 Å². The van der Waals surface area contributed by atoms with Gasteiger partial charge in [0.05, 0.1) is 30.0 Å². The van der Waals surface area contributed by atoms with Crippen LogP contribution in [-0.4, -0.2) is 55.4 Å². The minimum Gasteiger partial charge on any atom is -0.389 e. The summed E-state index contributed by atoms with van der Waals surface area (Å²) in [6.45, 7) is 5.30. The average Bonchev–Trinajstić information content (AvgIpc) is 3.10. The SMILES string of the molecule is O[C@@H](COCc1cccs1)CN1CCN(c2ccccc2Cl)CC1. The quantitative estimate of drug-likeness (QED) is 0.816. The van der Waals surface area contributed by atoms with Crippen molar-refractivity contribution >= 4 is 28.6 Å². The van der Waals surface area contributed by atoms with Crippen LogP contribution in [0.1, 0.15) is 4.88 Å². The van der Waals surface area contributed by atoms with Crippen molar-refractivity contribution < 1.29 is 9.84 Å². The predicted molar refractivity (Wildman–Crippen MR) is 100 cm³/mol. The maximum absolute atomic E-state index is 10.2. The number of ether oxygens (including phenoxy) is 1. The molecule has 0 aliphatic carbocycles. The Morgan fingerprint density at radius 3 is 2.62 bits per heavy atom. The zero-order valence-electron chi connectivity index (χ0n) is 13.6. The van der Waals surface area contributed by atoms with E-state index < -0.39 is 6.10 Å². The second kappa shape index (κ2) is 8.83. The number of anilines is 1. The van der Waals surface area contributed by atoms with E-state index in [1.807, 2.05) is 35.7 Å².